The van der Waals surface area contributed by atoms with Crippen molar-refractivity contribution in [3.8, 4) is 0 Å². The van der Waals surface area contributed by atoms with E-state index in [0.717, 1.165) is 36.3 Å². The maximum Gasteiger partial charge on any atom is 0.156 e. The molecular weight excluding hydrogens is 433 g/mol. The van der Waals surface area contributed by atoms with Crippen LogP contribution in [0, 0.1) is 5.82 Å². The number of halogens is 2. The summed E-state index contributed by atoms with van der Waals surface area (Å²) >= 11 is 5.75. The van der Waals surface area contributed by atoms with Crippen molar-refractivity contribution < 1.29 is 19.3 Å². The molecule has 1 saturated heterocycles. The first-order valence-electron chi connectivity index (χ1n) is 10.7. The molecular formula is C24H33ClFN3O3. The maximum atomic E-state index is 13.7. The van der Waals surface area contributed by atoms with Crippen LogP contribution in [0.5, 0.6) is 0 Å². The highest BCUT2D eigenvalue weighted by Crippen LogP contribution is 2.34. The highest BCUT2D eigenvalue weighted by Gasteiger charge is 2.31. The molecule has 2 aromatic rings. The van der Waals surface area contributed by atoms with E-state index in [4.69, 9.17) is 32.3 Å². The molecule has 1 aromatic heterocycles. The molecule has 3 rings (SSSR count). The molecule has 0 saturated carbocycles. The van der Waals surface area contributed by atoms with Gasteiger partial charge in [-0.2, -0.15) is 0 Å². The molecule has 32 heavy (non-hydrogen) atoms. The zero-order valence-corrected chi connectivity index (χ0v) is 19.6. The quantitative estimate of drug-likeness (QED) is 0.450. The molecule has 1 aromatic carbocycles. The lowest BCUT2D eigenvalue weighted by molar-refractivity contribution is -0.127. The van der Waals surface area contributed by atoms with Crippen molar-refractivity contribution in [2.45, 2.75) is 70.6 Å². The third-order valence-corrected chi connectivity index (χ3v) is 5.17. The van der Waals surface area contributed by atoms with Crippen LogP contribution < -0.4 is 16.3 Å². The van der Waals surface area contributed by atoms with Gasteiger partial charge in [-0.1, -0.05) is 37.6 Å². The number of nitrogens with zero attached hydrogens (tertiary/aromatic N) is 2. The van der Waals surface area contributed by atoms with Crippen LogP contribution in [-0.4, -0.2) is 32.9 Å². The standard InChI is InChI=1S/C21H25ClFN3O.C3H8O2/c1-3-4-10-25-13-16-9-11-26(14(16)2)20-8-7-19(27-20)21(24)15-5-6-17(22)18(23)12-15;1-3(2,4)5/h5-6,9-13,19-21H,2-4,7-8,24H2,1H3;4-5H,1-2H3/b16-13-,25-10?;. The number of hydrogen-bond acceptors (Lipinski definition) is 5. The number of benzene rings is 1. The smallest absolute Gasteiger partial charge is 0.156 e. The van der Waals surface area contributed by atoms with Crippen molar-refractivity contribution in [2.24, 2.45) is 10.7 Å². The van der Waals surface area contributed by atoms with Gasteiger partial charge >= 0.3 is 0 Å². The summed E-state index contributed by atoms with van der Waals surface area (Å²) in [4.78, 5) is 4.32. The minimum atomic E-state index is -1.50. The van der Waals surface area contributed by atoms with Crippen LogP contribution in [0.15, 0.2) is 35.5 Å². The molecule has 176 valence electrons. The predicted octanol–water partition coefficient (Wildman–Crippen LogP) is 3.38. The van der Waals surface area contributed by atoms with Gasteiger partial charge in [-0.05, 0) is 56.9 Å². The summed E-state index contributed by atoms with van der Waals surface area (Å²) in [5, 5.41) is 18.1. The van der Waals surface area contributed by atoms with Gasteiger partial charge in [0, 0.05) is 29.2 Å². The third-order valence-electron chi connectivity index (χ3n) is 4.87. The first-order chi connectivity index (χ1) is 15.0. The van der Waals surface area contributed by atoms with Crippen LogP contribution in [0.25, 0.3) is 12.8 Å². The summed E-state index contributed by atoms with van der Waals surface area (Å²) in [7, 11) is 0. The van der Waals surface area contributed by atoms with Crippen LogP contribution in [0.1, 0.15) is 64.3 Å². The van der Waals surface area contributed by atoms with Crippen LogP contribution in [0.2, 0.25) is 5.02 Å². The average Bonchev–Trinajstić information content (AvgIpc) is 3.32. The van der Waals surface area contributed by atoms with Crippen LogP contribution in [0.3, 0.4) is 0 Å². The lowest BCUT2D eigenvalue weighted by Gasteiger charge is -2.21. The van der Waals surface area contributed by atoms with Gasteiger partial charge in [-0.25, -0.2) is 4.39 Å². The molecule has 2 heterocycles. The number of hydrogen-bond donors (Lipinski definition) is 3. The van der Waals surface area contributed by atoms with Gasteiger partial charge in [0.25, 0.3) is 0 Å². The molecule has 1 aliphatic heterocycles. The Hall–Kier alpha value is -2.03. The summed E-state index contributed by atoms with van der Waals surface area (Å²) in [6.07, 6.45) is 9.02. The van der Waals surface area contributed by atoms with Gasteiger partial charge in [0.1, 0.15) is 12.0 Å². The van der Waals surface area contributed by atoms with Gasteiger partial charge in [-0.3, -0.25) is 4.99 Å². The van der Waals surface area contributed by atoms with E-state index in [1.807, 2.05) is 29.2 Å². The molecule has 0 radical (unpaired) electrons. The minimum Gasteiger partial charge on any atom is -0.366 e. The Morgan fingerprint density at radius 3 is 2.69 bits per heavy atom. The van der Waals surface area contributed by atoms with E-state index in [9.17, 15) is 4.39 Å². The molecule has 6 nitrogen and oxygen atoms in total. The molecule has 0 spiro atoms. The first kappa shape index (κ1) is 26.2. The summed E-state index contributed by atoms with van der Waals surface area (Å²) in [5.41, 5.74) is 7.00. The van der Waals surface area contributed by atoms with E-state index in [-0.39, 0.29) is 17.4 Å². The Balaban J connectivity index is 0.000000654. The molecule has 1 fully saturated rings. The van der Waals surface area contributed by atoms with Crippen LogP contribution in [0.4, 0.5) is 4.39 Å². The molecule has 0 aliphatic carbocycles. The van der Waals surface area contributed by atoms with Gasteiger partial charge in [0.2, 0.25) is 0 Å². The van der Waals surface area contributed by atoms with E-state index in [0.29, 0.717) is 5.56 Å². The summed E-state index contributed by atoms with van der Waals surface area (Å²) in [6, 6.07) is 6.23. The van der Waals surface area contributed by atoms with E-state index in [1.165, 1.54) is 26.0 Å². The lowest BCUT2D eigenvalue weighted by atomic mass is 10.0. The number of rotatable bonds is 6. The molecule has 3 atom stereocenters. The molecule has 0 amide bonds. The molecule has 4 N–H and O–H groups in total. The Morgan fingerprint density at radius 1 is 1.38 bits per heavy atom. The number of aliphatic imine (C=N–C) groups is 1. The third kappa shape index (κ3) is 7.83. The van der Waals surface area contributed by atoms with Gasteiger partial charge in [0.15, 0.2) is 5.79 Å². The molecule has 1 aliphatic rings. The largest absolute Gasteiger partial charge is 0.366 e. The van der Waals surface area contributed by atoms with Gasteiger partial charge in [0.05, 0.1) is 17.2 Å². The lowest BCUT2D eigenvalue weighted by Crippen LogP contribution is -2.31. The fourth-order valence-corrected chi connectivity index (χ4v) is 3.39. The van der Waals surface area contributed by atoms with Crippen molar-refractivity contribution >= 4 is 30.6 Å². The van der Waals surface area contributed by atoms with Crippen molar-refractivity contribution in [2.75, 3.05) is 0 Å². The van der Waals surface area contributed by atoms with Crippen LogP contribution in [-0.2, 0) is 4.74 Å². The summed E-state index contributed by atoms with van der Waals surface area (Å²) in [6.45, 7) is 8.87. The Kier molecular flexibility index (Phi) is 9.61. The second-order valence-electron chi connectivity index (χ2n) is 8.27. The molecule has 8 heteroatoms. The summed E-state index contributed by atoms with van der Waals surface area (Å²) < 4.78 is 21.9. The predicted molar refractivity (Wildman–Crippen MR) is 127 cm³/mol. The van der Waals surface area contributed by atoms with E-state index >= 15 is 0 Å². The number of aromatic nitrogens is 1. The second-order valence-corrected chi connectivity index (χ2v) is 8.68. The van der Waals surface area contributed by atoms with E-state index < -0.39 is 17.6 Å². The summed E-state index contributed by atoms with van der Waals surface area (Å²) in [5.74, 6) is -1.96. The Morgan fingerprint density at radius 2 is 2.06 bits per heavy atom. The topological polar surface area (TPSA) is 93.0 Å². The van der Waals surface area contributed by atoms with Crippen molar-refractivity contribution in [1.82, 2.24) is 4.57 Å². The molecule has 0 bridgehead atoms. The van der Waals surface area contributed by atoms with Gasteiger partial charge in [-0.15, -0.1) is 0 Å². The van der Waals surface area contributed by atoms with Crippen LogP contribution >= 0.6 is 11.6 Å². The second kappa shape index (κ2) is 11.7. The zero-order chi connectivity index (χ0) is 23.9. The number of nitrogens with two attached hydrogens (primary N) is 1. The molecule has 3 unspecified atom stereocenters. The Bertz CT molecular complexity index is 1010. The van der Waals surface area contributed by atoms with Crippen molar-refractivity contribution in [1.29, 1.82) is 0 Å². The highest BCUT2D eigenvalue weighted by atomic mass is 35.5. The van der Waals surface area contributed by atoms with Crippen molar-refractivity contribution in [3.05, 3.63) is 57.4 Å². The highest BCUT2D eigenvalue weighted by molar-refractivity contribution is 6.30. The fourth-order valence-electron chi connectivity index (χ4n) is 3.27. The van der Waals surface area contributed by atoms with Gasteiger partial charge < -0.3 is 25.3 Å². The van der Waals surface area contributed by atoms with Crippen molar-refractivity contribution in [3.63, 3.8) is 0 Å². The SMILES string of the molecule is C=c1/c(=C\N=CCCC)ccn1C1CCC(C(N)c2ccc(Cl)c(F)c2)O1.CC(C)(O)O. The number of ether oxygens (including phenoxy) is 1. The minimum absolute atomic E-state index is 0.0931. The zero-order valence-electron chi connectivity index (χ0n) is 18.8. The maximum absolute atomic E-state index is 13.7. The normalized spacial score (nSPS) is 20.4. The Labute approximate surface area is 193 Å². The number of aliphatic hydroxyl groups is 2. The fraction of sp³-hybridized carbons (Fsp3) is 0.458. The average molecular weight is 466 g/mol. The first-order valence-corrected chi connectivity index (χ1v) is 11.1. The monoisotopic (exact) mass is 465 g/mol. The number of unbranched alkanes of at least 4 members (excludes halogenated alkanes) is 1. The van der Waals surface area contributed by atoms with E-state index in [1.54, 1.807) is 6.07 Å². The van der Waals surface area contributed by atoms with E-state index in [2.05, 4.69) is 18.5 Å².